The molecule has 3 rings (SSSR count). The van der Waals surface area contributed by atoms with Crippen LogP contribution < -0.4 is 10.6 Å². The van der Waals surface area contributed by atoms with Gasteiger partial charge in [-0.05, 0) is 50.7 Å². The van der Waals surface area contributed by atoms with Crippen molar-refractivity contribution >= 4 is 11.5 Å². The Morgan fingerprint density at radius 1 is 1.17 bits per heavy atom. The molecule has 23 heavy (non-hydrogen) atoms. The number of nitrogens with zero attached hydrogens (tertiary/aromatic N) is 3. The van der Waals surface area contributed by atoms with Crippen LogP contribution in [-0.4, -0.2) is 34.0 Å². The van der Waals surface area contributed by atoms with Crippen LogP contribution in [0.25, 0.3) is 17.0 Å². The Balaban J connectivity index is 1.85. The molecule has 0 aliphatic rings. The van der Waals surface area contributed by atoms with Gasteiger partial charge in [-0.1, -0.05) is 19.1 Å². The van der Waals surface area contributed by atoms with E-state index in [9.17, 15) is 0 Å². The molecule has 120 valence electrons. The molecule has 0 bridgehead atoms. The van der Waals surface area contributed by atoms with E-state index in [4.69, 9.17) is 4.98 Å². The maximum Gasteiger partial charge on any atom is 0.137 e. The van der Waals surface area contributed by atoms with E-state index in [0.29, 0.717) is 6.04 Å². The van der Waals surface area contributed by atoms with Crippen molar-refractivity contribution in [1.29, 1.82) is 0 Å². The number of nitrogens with one attached hydrogen (secondary N) is 2. The molecule has 5 nitrogen and oxygen atoms in total. The van der Waals surface area contributed by atoms with Gasteiger partial charge in [0.15, 0.2) is 0 Å². The summed E-state index contributed by atoms with van der Waals surface area (Å²) in [6.07, 6.45) is 6.04. The molecule has 3 aromatic heterocycles. The highest BCUT2D eigenvalue weighted by Gasteiger charge is 2.10. The minimum absolute atomic E-state index is 0.424. The summed E-state index contributed by atoms with van der Waals surface area (Å²) < 4.78 is 2.06. The largest absolute Gasteiger partial charge is 0.367 e. The van der Waals surface area contributed by atoms with Crippen LogP contribution in [0.2, 0.25) is 0 Å². The highest BCUT2D eigenvalue weighted by atomic mass is 15.0. The van der Waals surface area contributed by atoms with Crippen molar-refractivity contribution in [3.63, 3.8) is 0 Å². The van der Waals surface area contributed by atoms with E-state index in [2.05, 4.69) is 26.9 Å². The number of imidazole rings is 1. The van der Waals surface area contributed by atoms with E-state index in [-0.39, 0.29) is 0 Å². The number of pyridine rings is 2. The van der Waals surface area contributed by atoms with Crippen molar-refractivity contribution in [3.8, 4) is 11.4 Å². The summed E-state index contributed by atoms with van der Waals surface area (Å²) in [4.78, 5) is 9.21. The minimum atomic E-state index is 0.424. The van der Waals surface area contributed by atoms with Gasteiger partial charge in [-0.25, -0.2) is 9.97 Å². The van der Waals surface area contributed by atoms with Gasteiger partial charge in [0.2, 0.25) is 0 Å². The lowest BCUT2D eigenvalue weighted by Gasteiger charge is -2.17. The summed E-state index contributed by atoms with van der Waals surface area (Å²) >= 11 is 0. The van der Waals surface area contributed by atoms with Crippen molar-refractivity contribution in [2.45, 2.75) is 25.8 Å². The molecule has 0 radical (unpaired) electrons. The first-order valence-electron chi connectivity index (χ1n) is 8.12. The third-order valence-corrected chi connectivity index (χ3v) is 4.02. The average Bonchev–Trinajstić information content (AvgIpc) is 3.03. The third kappa shape index (κ3) is 3.51. The van der Waals surface area contributed by atoms with Crippen molar-refractivity contribution in [3.05, 3.63) is 48.8 Å². The molecule has 0 aliphatic carbocycles. The van der Waals surface area contributed by atoms with E-state index in [0.717, 1.165) is 42.2 Å². The fourth-order valence-corrected chi connectivity index (χ4v) is 2.69. The Labute approximate surface area is 136 Å². The zero-order chi connectivity index (χ0) is 16.1. The van der Waals surface area contributed by atoms with Crippen LogP contribution in [-0.2, 0) is 0 Å². The van der Waals surface area contributed by atoms with Gasteiger partial charge >= 0.3 is 0 Å². The second kappa shape index (κ2) is 7.24. The lowest BCUT2D eigenvalue weighted by molar-refractivity contribution is 0.603. The van der Waals surface area contributed by atoms with Crippen LogP contribution in [0.15, 0.2) is 48.8 Å². The fourth-order valence-electron chi connectivity index (χ4n) is 2.69. The zero-order valence-corrected chi connectivity index (χ0v) is 13.7. The van der Waals surface area contributed by atoms with Crippen molar-refractivity contribution in [1.82, 2.24) is 19.7 Å². The molecule has 1 unspecified atom stereocenters. The summed E-state index contributed by atoms with van der Waals surface area (Å²) in [6, 6.07) is 12.5. The van der Waals surface area contributed by atoms with Crippen molar-refractivity contribution in [2.24, 2.45) is 0 Å². The Bertz CT molecular complexity index is 765. The Hall–Kier alpha value is -2.40. The van der Waals surface area contributed by atoms with E-state index < -0.39 is 0 Å². The zero-order valence-electron chi connectivity index (χ0n) is 13.7. The molecule has 0 saturated heterocycles. The first-order chi connectivity index (χ1) is 11.3. The second-order valence-corrected chi connectivity index (χ2v) is 5.62. The van der Waals surface area contributed by atoms with Gasteiger partial charge in [0.25, 0.3) is 0 Å². The number of anilines is 1. The van der Waals surface area contributed by atoms with Gasteiger partial charge in [-0.3, -0.25) is 4.40 Å². The fraction of sp³-hybridized carbons (Fsp3) is 0.333. The molecular weight excluding hydrogens is 286 g/mol. The Kier molecular flexibility index (Phi) is 4.88. The number of hydrogen-bond acceptors (Lipinski definition) is 4. The smallest absolute Gasteiger partial charge is 0.137 e. The van der Waals surface area contributed by atoms with Crippen LogP contribution in [0.1, 0.15) is 19.8 Å². The lowest BCUT2D eigenvalue weighted by Crippen LogP contribution is -2.24. The van der Waals surface area contributed by atoms with Gasteiger partial charge in [0, 0.05) is 12.2 Å². The molecule has 0 aromatic carbocycles. The first kappa shape index (κ1) is 15.5. The highest BCUT2D eigenvalue weighted by Crippen LogP contribution is 2.21. The molecule has 0 saturated carbocycles. The van der Waals surface area contributed by atoms with Gasteiger partial charge in [0.1, 0.15) is 11.5 Å². The minimum Gasteiger partial charge on any atom is -0.367 e. The van der Waals surface area contributed by atoms with Gasteiger partial charge in [-0.2, -0.15) is 0 Å². The summed E-state index contributed by atoms with van der Waals surface area (Å²) in [6.45, 7) is 3.19. The molecule has 0 spiro atoms. The quantitative estimate of drug-likeness (QED) is 0.704. The number of rotatable bonds is 7. The second-order valence-electron chi connectivity index (χ2n) is 5.62. The Morgan fingerprint density at radius 3 is 2.91 bits per heavy atom. The summed E-state index contributed by atoms with van der Waals surface area (Å²) in [7, 11) is 1.98. The molecule has 2 N–H and O–H groups in total. The normalized spacial score (nSPS) is 12.4. The van der Waals surface area contributed by atoms with Crippen LogP contribution >= 0.6 is 0 Å². The van der Waals surface area contributed by atoms with E-state index in [1.54, 1.807) is 0 Å². The van der Waals surface area contributed by atoms with E-state index in [1.165, 1.54) is 0 Å². The molecule has 0 amide bonds. The summed E-state index contributed by atoms with van der Waals surface area (Å²) in [5, 5.41) is 6.73. The molecule has 3 heterocycles. The molecule has 0 aliphatic heterocycles. The molecule has 3 aromatic rings. The predicted molar refractivity (Wildman–Crippen MR) is 94.7 cm³/mol. The first-order valence-corrected chi connectivity index (χ1v) is 8.12. The standard InChI is InChI=1S/C18H23N5/c1-3-14(10-11-19-2)21-17-8-6-7-15(22-17)16-13-20-18-9-4-5-12-23(16)18/h4-9,12-14,19H,3,10-11H2,1-2H3,(H,21,22). The van der Waals surface area contributed by atoms with Crippen molar-refractivity contribution in [2.75, 3.05) is 18.9 Å². The van der Waals surface area contributed by atoms with Crippen LogP contribution in [0.5, 0.6) is 0 Å². The van der Waals surface area contributed by atoms with Gasteiger partial charge in [0.05, 0.1) is 17.6 Å². The predicted octanol–water partition coefficient (Wildman–Crippen LogP) is 3.20. The highest BCUT2D eigenvalue weighted by molar-refractivity contribution is 5.61. The van der Waals surface area contributed by atoms with Crippen LogP contribution in [0.4, 0.5) is 5.82 Å². The molecule has 0 fully saturated rings. The molecular formula is C18H23N5. The van der Waals surface area contributed by atoms with E-state index >= 15 is 0 Å². The van der Waals surface area contributed by atoms with Gasteiger partial charge < -0.3 is 10.6 Å². The van der Waals surface area contributed by atoms with Gasteiger partial charge in [-0.15, -0.1) is 0 Å². The van der Waals surface area contributed by atoms with E-state index in [1.807, 2.05) is 55.8 Å². The summed E-state index contributed by atoms with van der Waals surface area (Å²) in [5.74, 6) is 0.913. The Morgan fingerprint density at radius 2 is 2.09 bits per heavy atom. The molecule has 5 heteroatoms. The lowest BCUT2D eigenvalue weighted by atomic mass is 10.1. The maximum absolute atomic E-state index is 4.77. The van der Waals surface area contributed by atoms with Crippen molar-refractivity contribution < 1.29 is 0 Å². The van der Waals surface area contributed by atoms with Crippen LogP contribution in [0, 0.1) is 0 Å². The van der Waals surface area contributed by atoms with Crippen LogP contribution in [0.3, 0.4) is 0 Å². The average molecular weight is 309 g/mol. The topological polar surface area (TPSA) is 54.2 Å². The monoisotopic (exact) mass is 309 g/mol. The number of fused-ring (bicyclic) bond motifs is 1. The third-order valence-electron chi connectivity index (χ3n) is 4.02. The summed E-state index contributed by atoms with van der Waals surface area (Å²) in [5.41, 5.74) is 2.87. The SMILES string of the molecule is CCC(CCNC)Nc1cccc(-c2cnc3ccccn23)n1. The number of hydrogen-bond donors (Lipinski definition) is 2. The molecule has 1 atom stereocenters. The number of aromatic nitrogens is 3. The maximum atomic E-state index is 4.77.